The molecule has 2 aliphatic heterocycles. The van der Waals surface area contributed by atoms with Crippen molar-refractivity contribution >= 4 is 44.8 Å². The third-order valence-electron chi connectivity index (χ3n) is 6.36. The van der Waals surface area contributed by atoms with Crippen LogP contribution in [0.1, 0.15) is 38.5 Å². The topological polar surface area (TPSA) is 38.1 Å². The van der Waals surface area contributed by atoms with Gasteiger partial charge >= 0.3 is 0 Å². The molecule has 0 bridgehead atoms. The van der Waals surface area contributed by atoms with E-state index in [4.69, 9.17) is 0 Å². The van der Waals surface area contributed by atoms with Crippen LogP contribution in [0.25, 0.3) is 15.9 Å². The van der Waals surface area contributed by atoms with Crippen LogP contribution >= 0.6 is 23.1 Å². The monoisotopic (exact) mass is 487 g/mol. The third kappa shape index (κ3) is 3.60. The fourth-order valence-corrected chi connectivity index (χ4v) is 6.81. The molecule has 0 amide bonds. The van der Waals surface area contributed by atoms with Crippen LogP contribution < -0.4 is 0 Å². The van der Waals surface area contributed by atoms with E-state index in [9.17, 15) is 9.18 Å². The number of ketones is 1. The molecule has 0 spiro atoms. The first-order valence-corrected chi connectivity index (χ1v) is 12.9. The molecule has 34 heavy (non-hydrogen) atoms. The van der Waals surface area contributed by atoms with Crippen LogP contribution in [0.3, 0.4) is 0 Å². The first kappa shape index (κ1) is 21.4. The van der Waals surface area contributed by atoms with Gasteiger partial charge in [-0.3, -0.25) is 9.48 Å². The van der Waals surface area contributed by atoms with E-state index in [0.717, 1.165) is 49.9 Å². The predicted molar refractivity (Wildman–Crippen MR) is 137 cm³/mol. The van der Waals surface area contributed by atoms with Gasteiger partial charge in [-0.05, 0) is 49.6 Å². The molecule has 0 atom stereocenters. The quantitative estimate of drug-likeness (QED) is 0.292. The van der Waals surface area contributed by atoms with Gasteiger partial charge in [0.25, 0.3) is 0 Å². The minimum atomic E-state index is -0.250. The van der Waals surface area contributed by atoms with Crippen molar-refractivity contribution in [1.29, 1.82) is 0 Å². The zero-order chi connectivity index (χ0) is 23.4. The highest BCUT2D eigenvalue weighted by Crippen LogP contribution is 2.46. The molecule has 7 heteroatoms. The summed E-state index contributed by atoms with van der Waals surface area (Å²) < 4.78 is 15.2. The van der Waals surface area contributed by atoms with E-state index < -0.39 is 0 Å². The number of Topliss-reactive ketones (excluding diaryl/α,β-unsaturated/α-hetero) is 1. The minimum Gasteiger partial charge on any atom is -0.334 e. The summed E-state index contributed by atoms with van der Waals surface area (Å²) >= 11 is 3.14. The highest BCUT2D eigenvalue weighted by Gasteiger charge is 2.34. The number of rotatable bonds is 5. The lowest BCUT2D eigenvalue weighted by molar-refractivity contribution is 0.103. The number of fused-ring (bicyclic) bond motifs is 2. The number of thiophene rings is 1. The highest BCUT2D eigenvalue weighted by molar-refractivity contribution is 8.06. The van der Waals surface area contributed by atoms with E-state index in [1.165, 1.54) is 40.3 Å². The Hall–Kier alpha value is -3.16. The predicted octanol–water partition coefficient (Wildman–Crippen LogP) is 6.75. The summed E-state index contributed by atoms with van der Waals surface area (Å²) in [5.41, 5.74) is 6.35. The number of nitrogens with zero attached hydrogens (tertiary/aromatic N) is 3. The van der Waals surface area contributed by atoms with Crippen molar-refractivity contribution in [3.63, 3.8) is 0 Å². The second-order valence-corrected chi connectivity index (χ2v) is 10.6. The average Bonchev–Trinajstić information content (AvgIpc) is 3.59. The summed E-state index contributed by atoms with van der Waals surface area (Å²) in [5.74, 6) is -0.142. The van der Waals surface area contributed by atoms with Crippen LogP contribution in [0.2, 0.25) is 0 Å². The van der Waals surface area contributed by atoms with Crippen LogP contribution in [0.15, 0.2) is 70.6 Å². The van der Waals surface area contributed by atoms with Crippen molar-refractivity contribution in [2.45, 2.75) is 26.8 Å². The fraction of sp³-hybridized carbons (Fsp3) is 0.185. The van der Waals surface area contributed by atoms with Gasteiger partial charge < -0.3 is 4.90 Å². The van der Waals surface area contributed by atoms with Gasteiger partial charge in [-0.25, -0.2) is 4.39 Å². The molecule has 4 heterocycles. The molecule has 4 aromatic rings. The number of thioether (sulfide) groups is 1. The fourth-order valence-electron chi connectivity index (χ4n) is 4.54. The SMILES string of the molecule is Cc1ccc(C2=CSC3=C(C(=O)c4cc5c(C)nn(Cc6ccc(F)cc6)c5s4)CCN23)cc1. The van der Waals surface area contributed by atoms with Crippen LogP contribution in [0.5, 0.6) is 0 Å². The van der Waals surface area contributed by atoms with Crippen LogP contribution in [0.4, 0.5) is 4.39 Å². The molecular weight excluding hydrogens is 465 g/mol. The van der Waals surface area contributed by atoms with Gasteiger partial charge in [-0.15, -0.1) is 11.3 Å². The lowest BCUT2D eigenvalue weighted by atomic mass is 10.1. The zero-order valence-corrected chi connectivity index (χ0v) is 20.5. The number of hydrogen-bond acceptors (Lipinski definition) is 5. The Balaban J connectivity index is 1.29. The number of halogens is 1. The molecule has 170 valence electrons. The standard InChI is InChI=1S/C27H22FN3OS2/c1-16-3-7-19(8-4-16)23-15-33-26-21(11-12-30(23)26)25(32)24-13-22-17(2)29-31(27(22)34-24)14-18-5-9-20(28)10-6-18/h3-10,13,15H,11-12,14H2,1-2H3. The summed E-state index contributed by atoms with van der Waals surface area (Å²) in [4.78, 5) is 17.6. The number of hydrogen-bond donors (Lipinski definition) is 0. The Labute approximate surface area is 205 Å². The summed E-state index contributed by atoms with van der Waals surface area (Å²) in [6.07, 6.45) is 0.749. The van der Waals surface area contributed by atoms with Crippen molar-refractivity contribution < 1.29 is 9.18 Å². The van der Waals surface area contributed by atoms with Crippen molar-refractivity contribution in [3.8, 4) is 0 Å². The zero-order valence-electron chi connectivity index (χ0n) is 18.8. The van der Waals surface area contributed by atoms with Crippen molar-refractivity contribution in [2.75, 3.05) is 6.54 Å². The van der Waals surface area contributed by atoms with Crippen LogP contribution in [-0.2, 0) is 6.54 Å². The molecule has 0 fully saturated rings. The molecule has 4 nitrogen and oxygen atoms in total. The molecule has 0 aliphatic carbocycles. The Morgan fingerprint density at radius 3 is 2.62 bits per heavy atom. The van der Waals surface area contributed by atoms with Gasteiger partial charge in [-0.1, -0.05) is 53.7 Å². The number of aryl methyl sites for hydroxylation is 2. The molecule has 0 radical (unpaired) electrons. The van der Waals surface area contributed by atoms with Gasteiger partial charge in [0.05, 0.1) is 27.8 Å². The summed E-state index contributed by atoms with van der Waals surface area (Å²) in [6.45, 7) is 5.42. The molecule has 0 saturated carbocycles. The first-order valence-electron chi connectivity index (χ1n) is 11.2. The second kappa shape index (κ2) is 8.25. The van der Waals surface area contributed by atoms with Crippen molar-refractivity contribution in [1.82, 2.24) is 14.7 Å². The Morgan fingerprint density at radius 1 is 1.09 bits per heavy atom. The van der Waals surface area contributed by atoms with Gasteiger partial charge in [0.15, 0.2) is 0 Å². The van der Waals surface area contributed by atoms with Crippen LogP contribution in [0, 0.1) is 19.7 Å². The number of aromatic nitrogens is 2. The lowest BCUT2D eigenvalue weighted by Crippen LogP contribution is -2.12. The largest absolute Gasteiger partial charge is 0.334 e. The van der Waals surface area contributed by atoms with Gasteiger partial charge in [0, 0.05) is 22.9 Å². The number of carbonyl (C=O) groups excluding carboxylic acids is 1. The Morgan fingerprint density at radius 2 is 1.85 bits per heavy atom. The number of carbonyl (C=O) groups is 1. The smallest absolute Gasteiger partial charge is 0.201 e. The van der Waals surface area contributed by atoms with Crippen LogP contribution in [-0.4, -0.2) is 27.0 Å². The summed E-state index contributed by atoms with van der Waals surface area (Å²) in [5, 5.41) is 8.88. The summed E-state index contributed by atoms with van der Waals surface area (Å²) in [7, 11) is 0. The average molecular weight is 488 g/mol. The molecule has 6 rings (SSSR count). The molecule has 0 N–H and O–H groups in total. The normalized spacial score (nSPS) is 15.4. The molecule has 0 saturated heterocycles. The highest BCUT2D eigenvalue weighted by atomic mass is 32.2. The van der Waals surface area contributed by atoms with Gasteiger partial charge in [-0.2, -0.15) is 5.10 Å². The van der Waals surface area contributed by atoms with Gasteiger partial charge in [0.2, 0.25) is 5.78 Å². The third-order valence-corrected chi connectivity index (χ3v) is 8.54. The van der Waals surface area contributed by atoms with E-state index in [1.807, 2.05) is 17.7 Å². The van der Waals surface area contributed by atoms with E-state index >= 15 is 0 Å². The maximum absolute atomic E-state index is 13.6. The summed E-state index contributed by atoms with van der Waals surface area (Å²) in [6, 6.07) is 17.0. The Kier molecular flexibility index (Phi) is 5.19. The minimum absolute atomic E-state index is 0.109. The molecule has 0 unspecified atom stereocenters. The first-order chi connectivity index (χ1) is 16.5. The molecule has 2 aliphatic rings. The van der Waals surface area contributed by atoms with E-state index in [-0.39, 0.29) is 11.6 Å². The molecular formula is C27H22FN3OS2. The van der Waals surface area contributed by atoms with Crippen molar-refractivity contribution in [2.24, 2.45) is 0 Å². The Bertz CT molecular complexity index is 1490. The van der Waals surface area contributed by atoms with E-state index in [1.54, 1.807) is 23.9 Å². The molecule has 2 aromatic carbocycles. The van der Waals surface area contributed by atoms with Gasteiger partial charge in [0.1, 0.15) is 10.6 Å². The lowest BCUT2D eigenvalue weighted by Gasteiger charge is -2.18. The van der Waals surface area contributed by atoms with E-state index in [2.05, 4.69) is 46.6 Å². The second-order valence-electron chi connectivity index (χ2n) is 8.70. The maximum atomic E-state index is 13.6. The number of benzene rings is 2. The maximum Gasteiger partial charge on any atom is 0.201 e. The van der Waals surface area contributed by atoms with E-state index in [0.29, 0.717) is 6.54 Å². The molecule has 2 aromatic heterocycles. The van der Waals surface area contributed by atoms with Crippen molar-refractivity contribution in [3.05, 3.63) is 104 Å².